The molecule has 4 nitrogen and oxygen atoms in total. The molecular formula is C16H16BrN3OS. The second-order valence-corrected chi connectivity index (χ2v) is 8.04. The van der Waals surface area contributed by atoms with Crippen LogP contribution in [-0.4, -0.2) is 16.1 Å². The van der Waals surface area contributed by atoms with Gasteiger partial charge >= 0.3 is 0 Å². The van der Waals surface area contributed by atoms with E-state index in [9.17, 15) is 4.79 Å². The van der Waals surface area contributed by atoms with Crippen molar-refractivity contribution in [2.45, 2.75) is 43.4 Å². The summed E-state index contributed by atoms with van der Waals surface area (Å²) in [5, 5.41) is 13.0. The Bertz CT molecular complexity index is 704. The van der Waals surface area contributed by atoms with Crippen molar-refractivity contribution in [2.24, 2.45) is 0 Å². The third-order valence-electron chi connectivity index (χ3n) is 4.63. The van der Waals surface area contributed by atoms with Crippen LogP contribution >= 0.6 is 27.3 Å². The van der Waals surface area contributed by atoms with E-state index >= 15 is 0 Å². The Morgan fingerprint density at radius 3 is 2.55 bits per heavy atom. The summed E-state index contributed by atoms with van der Waals surface area (Å²) in [5.74, 6) is 0.631. The zero-order valence-electron chi connectivity index (χ0n) is 12.0. The second-order valence-electron chi connectivity index (χ2n) is 6.12. The smallest absolute Gasteiger partial charge is 0.236 e. The van der Waals surface area contributed by atoms with Crippen molar-refractivity contribution in [3.63, 3.8) is 0 Å². The van der Waals surface area contributed by atoms with Gasteiger partial charge in [0.25, 0.3) is 0 Å². The molecule has 2 aliphatic carbocycles. The van der Waals surface area contributed by atoms with Gasteiger partial charge in [-0.2, -0.15) is 0 Å². The van der Waals surface area contributed by atoms with Crippen LogP contribution in [0.3, 0.4) is 0 Å². The molecule has 0 spiro atoms. The van der Waals surface area contributed by atoms with E-state index in [2.05, 4.69) is 31.4 Å². The number of benzene rings is 1. The summed E-state index contributed by atoms with van der Waals surface area (Å²) >= 11 is 4.97. The molecule has 1 N–H and O–H groups in total. The summed E-state index contributed by atoms with van der Waals surface area (Å²) in [4.78, 5) is 12.8. The molecule has 2 aliphatic rings. The lowest BCUT2D eigenvalue weighted by Gasteiger charge is -2.40. The van der Waals surface area contributed by atoms with E-state index < -0.39 is 5.41 Å². The molecule has 1 aromatic carbocycles. The van der Waals surface area contributed by atoms with Gasteiger partial charge in [0, 0.05) is 10.4 Å². The number of nitrogens with one attached hydrogen (secondary N) is 1. The highest BCUT2D eigenvalue weighted by molar-refractivity contribution is 9.10. The van der Waals surface area contributed by atoms with Gasteiger partial charge in [-0.3, -0.25) is 10.1 Å². The van der Waals surface area contributed by atoms with E-state index in [-0.39, 0.29) is 5.91 Å². The predicted molar refractivity (Wildman–Crippen MR) is 90.2 cm³/mol. The standard InChI is InChI=1S/C16H16BrN3OS/c17-12-6-4-11(5-7-12)16(8-1-9-16)14(21)18-15-20-19-13(22-15)10-2-3-10/h4-7,10H,1-3,8-9H2,(H,18,20,21). The summed E-state index contributed by atoms with van der Waals surface area (Å²) in [7, 11) is 0. The minimum Gasteiger partial charge on any atom is -0.300 e. The van der Waals surface area contributed by atoms with Gasteiger partial charge in [0.15, 0.2) is 0 Å². The Balaban J connectivity index is 1.55. The van der Waals surface area contributed by atoms with Gasteiger partial charge in [0.1, 0.15) is 5.01 Å². The van der Waals surface area contributed by atoms with Crippen LogP contribution < -0.4 is 5.32 Å². The minimum atomic E-state index is -0.397. The van der Waals surface area contributed by atoms with Crippen molar-refractivity contribution >= 4 is 38.3 Å². The molecule has 2 aromatic rings. The van der Waals surface area contributed by atoms with Crippen molar-refractivity contribution in [2.75, 3.05) is 5.32 Å². The molecule has 1 heterocycles. The first-order chi connectivity index (χ1) is 10.7. The van der Waals surface area contributed by atoms with Crippen molar-refractivity contribution in [3.05, 3.63) is 39.3 Å². The molecule has 0 bridgehead atoms. The molecule has 0 saturated heterocycles. The first kappa shape index (κ1) is 14.3. The molecule has 2 saturated carbocycles. The number of aromatic nitrogens is 2. The maximum Gasteiger partial charge on any atom is 0.236 e. The molecule has 6 heteroatoms. The van der Waals surface area contributed by atoms with Gasteiger partial charge in [0.05, 0.1) is 5.41 Å². The number of hydrogen-bond acceptors (Lipinski definition) is 4. The molecule has 22 heavy (non-hydrogen) atoms. The van der Waals surface area contributed by atoms with Crippen LogP contribution in [0.2, 0.25) is 0 Å². The first-order valence-electron chi connectivity index (χ1n) is 7.58. The molecule has 0 unspecified atom stereocenters. The number of hydrogen-bond donors (Lipinski definition) is 1. The molecule has 4 rings (SSSR count). The van der Waals surface area contributed by atoms with Gasteiger partial charge in [-0.15, -0.1) is 10.2 Å². The lowest BCUT2D eigenvalue weighted by Crippen LogP contribution is -2.46. The quantitative estimate of drug-likeness (QED) is 0.866. The number of carbonyl (C=O) groups excluding carboxylic acids is 1. The van der Waals surface area contributed by atoms with Gasteiger partial charge < -0.3 is 0 Å². The van der Waals surface area contributed by atoms with E-state index in [0.717, 1.165) is 34.3 Å². The molecule has 1 aromatic heterocycles. The molecule has 114 valence electrons. The highest BCUT2D eigenvalue weighted by Gasteiger charge is 2.46. The van der Waals surface area contributed by atoms with Crippen molar-refractivity contribution in [1.82, 2.24) is 10.2 Å². The minimum absolute atomic E-state index is 0.0552. The SMILES string of the molecule is O=C(Nc1nnc(C2CC2)s1)C1(c2ccc(Br)cc2)CCC1. The molecular weight excluding hydrogens is 362 g/mol. The van der Waals surface area contributed by atoms with Crippen LogP contribution in [0.4, 0.5) is 5.13 Å². The highest BCUT2D eigenvalue weighted by Crippen LogP contribution is 2.46. The Morgan fingerprint density at radius 1 is 1.23 bits per heavy atom. The van der Waals surface area contributed by atoms with Crippen LogP contribution in [0.5, 0.6) is 0 Å². The largest absolute Gasteiger partial charge is 0.300 e. The van der Waals surface area contributed by atoms with Gasteiger partial charge in [-0.05, 0) is 43.4 Å². The Kier molecular flexibility index (Phi) is 3.53. The van der Waals surface area contributed by atoms with Crippen LogP contribution in [0.1, 0.15) is 48.6 Å². The molecule has 0 aliphatic heterocycles. The van der Waals surface area contributed by atoms with Crippen LogP contribution in [0, 0.1) is 0 Å². The Hall–Kier alpha value is -1.27. The van der Waals surface area contributed by atoms with Crippen LogP contribution in [0.15, 0.2) is 28.7 Å². The maximum atomic E-state index is 12.8. The number of rotatable bonds is 4. The zero-order valence-corrected chi connectivity index (χ0v) is 14.4. The van der Waals surface area contributed by atoms with Crippen molar-refractivity contribution < 1.29 is 4.79 Å². The van der Waals surface area contributed by atoms with Crippen LogP contribution in [-0.2, 0) is 10.2 Å². The number of amides is 1. The van der Waals surface area contributed by atoms with E-state index in [1.54, 1.807) is 0 Å². The first-order valence-corrected chi connectivity index (χ1v) is 9.19. The molecule has 2 fully saturated rings. The topological polar surface area (TPSA) is 54.9 Å². The van der Waals surface area contributed by atoms with Gasteiger partial charge in [-0.1, -0.05) is 45.8 Å². The fraction of sp³-hybridized carbons (Fsp3) is 0.438. The van der Waals surface area contributed by atoms with Crippen LogP contribution in [0.25, 0.3) is 0 Å². The zero-order chi connectivity index (χ0) is 15.2. The third kappa shape index (κ3) is 2.48. The van der Waals surface area contributed by atoms with E-state index in [1.807, 2.05) is 24.3 Å². The average molecular weight is 378 g/mol. The summed E-state index contributed by atoms with van der Waals surface area (Å²) in [6.07, 6.45) is 5.28. The summed E-state index contributed by atoms with van der Waals surface area (Å²) in [5.41, 5.74) is 0.693. The summed E-state index contributed by atoms with van der Waals surface area (Å²) < 4.78 is 1.03. The monoisotopic (exact) mass is 377 g/mol. The average Bonchev–Trinajstić information content (AvgIpc) is 3.21. The van der Waals surface area contributed by atoms with Gasteiger partial charge in [-0.25, -0.2) is 0 Å². The number of nitrogens with zero attached hydrogens (tertiary/aromatic N) is 2. The molecule has 0 atom stereocenters. The van der Waals surface area contributed by atoms with E-state index in [0.29, 0.717) is 11.0 Å². The number of halogens is 1. The highest BCUT2D eigenvalue weighted by atomic mass is 79.9. The molecule has 0 radical (unpaired) electrons. The maximum absolute atomic E-state index is 12.8. The summed E-state index contributed by atoms with van der Waals surface area (Å²) in [6, 6.07) is 8.08. The normalized spacial score (nSPS) is 19.5. The Labute approximate surface area is 141 Å². The predicted octanol–water partition coefficient (Wildman–Crippen LogP) is 4.24. The number of anilines is 1. The third-order valence-corrected chi connectivity index (χ3v) is 6.16. The lowest BCUT2D eigenvalue weighted by atomic mass is 9.64. The van der Waals surface area contributed by atoms with Crippen molar-refractivity contribution in [1.29, 1.82) is 0 Å². The fourth-order valence-electron chi connectivity index (χ4n) is 2.94. The lowest BCUT2D eigenvalue weighted by molar-refractivity contribution is -0.124. The molecule has 1 amide bonds. The van der Waals surface area contributed by atoms with Crippen molar-refractivity contribution in [3.8, 4) is 0 Å². The van der Waals surface area contributed by atoms with E-state index in [4.69, 9.17) is 0 Å². The summed E-state index contributed by atoms with van der Waals surface area (Å²) in [6.45, 7) is 0. The Morgan fingerprint density at radius 2 is 1.95 bits per heavy atom. The van der Waals surface area contributed by atoms with Gasteiger partial charge in [0.2, 0.25) is 11.0 Å². The van der Waals surface area contributed by atoms with E-state index in [1.165, 1.54) is 24.2 Å². The number of carbonyl (C=O) groups is 1. The second kappa shape index (κ2) is 5.42. The fourth-order valence-corrected chi connectivity index (χ4v) is 4.12.